The van der Waals surface area contributed by atoms with Crippen molar-refractivity contribution in [2.24, 2.45) is 0 Å². The average Bonchev–Trinajstić information content (AvgIpc) is 1.90. The van der Waals surface area contributed by atoms with Crippen LogP contribution in [-0.4, -0.2) is 6.29 Å². The molecule has 1 aromatic carbocycles. The van der Waals surface area contributed by atoms with E-state index in [2.05, 4.69) is 22.6 Å². The van der Waals surface area contributed by atoms with Crippen LogP contribution < -0.4 is 0 Å². The number of halogens is 1. The summed E-state index contributed by atoms with van der Waals surface area (Å²) in [5.41, 5.74) is 0.732. The third-order valence-electron chi connectivity index (χ3n) is 1.01. The molecule has 0 heterocycles. The van der Waals surface area contributed by atoms with E-state index in [-0.39, 0.29) is 0 Å². The lowest BCUT2D eigenvalue weighted by molar-refractivity contribution is 0.112. The molecule has 0 radical (unpaired) electrons. The predicted molar refractivity (Wildman–Crippen MR) is 44.5 cm³/mol. The van der Waals surface area contributed by atoms with E-state index < -0.39 is 0 Å². The van der Waals surface area contributed by atoms with Crippen molar-refractivity contribution in [2.45, 2.75) is 0 Å². The molecule has 0 amide bonds. The Morgan fingerprint density at radius 3 is 2.22 bits per heavy atom. The lowest BCUT2D eigenvalue weighted by Crippen LogP contribution is -1.76. The van der Waals surface area contributed by atoms with Crippen molar-refractivity contribution in [3.63, 3.8) is 0 Å². The summed E-state index contributed by atoms with van der Waals surface area (Å²) in [4.78, 5) is 10.1. The summed E-state index contributed by atoms with van der Waals surface area (Å²) < 4.78 is 1.15. The SMILES string of the molecule is O=Cc1ccc([131I])cc1. The first kappa shape index (κ1) is 6.74. The van der Waals surface area contributed by atoms with E-state index in [9.17, 15) is 4.79 Å². The van der Waals surface area contributed by atoms with Gasteiger partial charge in [-0.25, -0.2) is 0 Å². The molecule has 1 rings (SSSR count). The minimum atomic E-state index is 0.732. The van der Waals surface area contributed by atoms with Crippen LogP contribution in [0.4, 0.5) is 0 Å². The highest BCUT2D eigenvalue weighted by atomic mass is 131. The van der Waals surface area contributed by atoms with Crippen molar-refractivity contribution < 1.29 is 4.79 Å². The van der Waals surface area contributed by atoms with Crippen LogP contribution in [0, 0.1) is 3.57 Å². The van der Waals surface area contributed by atoms with E-state index in [1.54, 1.807) is 12.1 Å². The molecule has 0 aliphatic rings. The van der Waals surface area contributed by atoms with E-state index in [4.69, 9.17) is 0 Å². The number of hydrogen-bond donors (Lipinski definition) is 0. The van der Waals surface area contributed by atoms with Gasteiger partial charge in [0.2, 0.25) is 0 Å². The second-order valence-electron chi connectivity index (χ2n) is 1.67. The van der Waals surface area contributed by atoms with Crippen molar-refractivity contribution in [3.8, 4) is 0 Å². The minimum absolute atomic E-state index is 0.732. The first-order valence-corrected chi connectivity index (χ1v) is 3.61. The summed E-state index contributed by atoms with van der Waals surface area (Å²) >= 11 is 2.20. The van der Waals surface area contributed by atoms with Gasteiger partial charge in [-0.2, -0.15) is 0 Å². The highest BCUT2D eigenvalue weighted by molar-refractivity contribution is 14.1. The molecule has 2 heteroatoms. The van der Waals surface area contributed by atoms with Crippen LogP contribution in [0.25, 0.3) is 0 Å². The molecule has 0 bridgehead atoms. The molecule has 46 valence electrons. The Morgan fingerprint density at radius 2 is 1.78 bits per heavy atom. The first-order chi connectivity index (χ1) is 4.33. The molecule has 0 N–H and O–H groups in total. The van der Waals surface area contributed by atoms with Crippen LogP contribution in [0.1, 0.15) is 10.4 Å². The summed E-state index contributed by atoms with van der Waals surface area (Å²) in [6.45, 7) is 0. The van der Waals surface area contributed by atoms with E-state index >= 15 is 0 Å². The molecule has 1 aromatic rings. The topological polar surface area (TPSA) is 17.1 Å². The van der Waals surface area contributed by atoms with Gasteiger partial charge in [-0.05, 0) is 34.7 Å². The lowest BCUT2D eigenvalue weighted by Gasteiger charge is -1.87. The van der Waals surface area contributed by atoms with E-state index in [1.165, 1.54) is 0 Å². The van der Waals surface area contributed by atoms with E-state index in [0.717, 1.165) is 15.4 Å². The summed E-state index contributed by atoms with van der Waals surface area (Å²) in [6.07, 6.45) is 0.843. The van der Waals surface area contributed by atoms with Crippen LogP contribution in [-0.2, 0) is 0 Å². The molecule has 0 atom stereocenters. The maximum Gasteiger partial charge on any atom is 0.150 e. The fraction of sp³-hybridized carbons (Fsp3) is 0. The summed E-state index contributed by atoms with van der Waals surface area (Å²) in [5.74, 6) is 0. The quantitative estimate of drug-likeness (QED) is 0.539. The molecule has 9 heavy (non-hydrogen) atoms. The van der Waals surface area contributed by atoms with Crippen LogP contribution in [0.2, 0.25) is 0 Å². The van der Waals surface area contributed by atoms with Crippen LogP contribution in [0.15, 0.2) is 24.3 Å². The van der Waals surface area contributed by atoms with Gasteiger partial charge in [0.1, 0.15) is 6.29 Å². The van der Waals surface area contributed by atoms with Crippen LogP contribution in [0.5, 0.6) is 0 Å². The normalized spacial score (nSPS) is 9.00. The molecule has 1 nitrogen and oxygen atoms in total. The molecule has 0 aromatic heterocycles. The molecule has 0 spiro atoms. The van der Waals surface area contributed by atoms with Crippen molar-refractivity contribution in [3.05, 3.63) is 33.4 Å². The summed E-state index contributed by atoms with van der Waals surface area (Å²) in [7, 11) is 0. The van der Waals surface area contributed by atoms with Crippen molar-refractivity contribution in [1.82, 2.24) is 0 Å². The van der Waals surface area contributed by atoms with Crippen molar-refractivity contribution in [2.75, 3.05) is 0 Å². The Bertz CT molecular complexity index is 203. The van der Waals surface area contributed by atoms with Gasteiger partial charge in [-0.15, -0.1) is 0 Å². The number of carbonyl (C=O) groups excluding carboxylic acids is 1. The zero-order chi connectivity index (χ0) is 6.69. The first-order valence-electron chi connectivity index (χ1n) is 2.53. The summed E-state index contributed by atoms with van der Waals surface area (Å²) in [5, 5.41) is 0. The Morgan fingerprint density at radius 1 is 1.22 bits per heavy atom. The minimum Gasteiger partial charge on any atom is -0.298 e. The molecular weight excluding hydrogens is 231 g/mol. The molecule has 0 aliphatic heterocycles. The monoisotopic (exact) mass is 236 g/mol. The molecule has 0 fully saturated rings. The zero-order valence-electron chi connectivity index (χ0n) is 4.67. The van der Waals surface area contributed by atoms with Crippen LogP contribution in [0.3, 0.4) is 0 Å². The van der Waals surface area contributed by atoms with Gasteiger partial charge in [-0.3, -0.25) is 4.79 Å². The third-order valence-corrected chi connectivity index (χ3v) is 1.73. The van der Waals surface area contributed by atoms with Gasteiger partial charge in [0.15, 0.2) is 0 Å². The lowest BCUT2D eigenvalue weighted by atomic mass is 10.2. The number of carbonyl (C=O) groups is 1. The Kier molecular flexibility index (Phi) is 2.22. The van der Waals surface area contributed by atoms with Gasteiger partial charge in [0.05, 0.1) is 0 Å². The van der Waals surface area contributed by atoms with Gasteiger partial charge < -0.3 is 0 Å². The van der Waals surface area contributed by atoms with Crippen LogP contribution >= 0.6 is 22.6 Å². The molecule has 0 aliphatic carbocycles. The Hall–Kier alpha value is -0.380. The molecular formula is C7H5IO. The fourth-order valence-electron chi connectivity index (χ4n) is 0.541. The average molecular weight is 236 g/mol. The van der Waals surface area contributed by atoms with Gasteiger partial charge >= 0.3 is 0 Å². The maximum atomic E-state index is 10.1. The van der Waals surface area contributed by atoms with Gasteiger partial charge in [0, 0.05) is 9.13 Å². The number of rotatable bonds is 1. The van der Waals surface area contributed by atoms with Crippen molar-refractivity contribution in [1.29, 1.82) is 0 Å². The van der Waals surface area contributed by atoms with Crippen molar-refractivity contribution >= 4 is 28.9 Å². The Balaban J connectivity index is 3.01. The molecule has 0 saturated heterocycles. The Labute approximate surface area is 67.2 Å². The summed E-state index contributed by atoms with van der Waals surface area (Å²) in [6, 6.07) is 7.41. The fourth-order valence-corrected chi connectivity index (χ4v) is 0.901. The molecule has 0 saturated carbocycles. The number of benzene rings is 1. The molecule has 0 unspecified atom stereocenters. The third kappa shape index (κ3) is 1.78. The predicted octanol–water partition coefficient (Wildman–Crippen LogP) is 2.10. The van der Waals surface area contributed by atoms with Gasteiger partial charge in [-0.1, -0.05) is 12.1 Å². The maximum absolute atomic E-state index is 10.1. The second-order valence-corrected chi connectivity index (χ2v) is 2.92. The highest BCUT2D eigenvalue weighted by Crippen LogP contribution is 2.04. The number of aldehydes is 1. The number of hydrogen-bond acceptors (Lipinski definition) is 1. The standard InChI is InChI=1S/C7H5IO/c8-7-3-1-6(5-9)2-4-7/h1-5H/i8+4. The van der Waals surface area contributed by atoms with Gasteiger partial charge in [0.25, 0.3) is 0 Å². The largest absolute Gasteiger partial charge is 0.298 e. The smallest absolute Gasteiger partial charge is 0.150 e. The van der Waals surface area contributed by atoms with E-state index in [0.29, 0.717) is 0 Å². The van der Waals surface area contributed by atoms with E-state index in [1.807, 2.05) is 12.1 Å². The zero-order valence-corrected chi connectivity index (χ0v) is 6.83. The second kappa shape index (κ2) is 2.96. The highest BCUT2D eigenvalue weighted by Gasteiger charge is 1.86.